The summed E-state index contributed by atoms with van der Waals surface area (Å²) < 4.78 is 0. The van der Waals surface area contributed by atoms with Gasteiger partial charge < -0.3 is 5.32 Å². The van der Waals surface area contributed by atoms with E-state index >= 15 is 0 Å². The third kappa shape index (κ3) is 5.15. The van der Waals surface area contributed by atoms with Crippen LogP contribution in [0.4, 0.5) is 0 Å². The highest BCUT2D eigenvalue weighted by Crippen LogP contribution is 2.20. The molecule has 0 aliphatic carbocycles. The van der Waals surface area contributed by atoms with Crippen molar-refractivity contribution >= 4 is 40.7 Å². The molecule has 0 saturated heterocycles. The number of rotatable bonds is 6. The zero-order chi connectivity index (χ0) is 12.7. The maximum atomic E-state index is 11.8. The van der Waals surface area contributed by atoms with E-state index < -0.39 is 0 Å². The Morgan fingerprint density at radius 1 is 1.18 bits per heavy atom. The summed E-state index contributed by atoms with van der Waals surface area (Å²) in [7, 11) is 0. The Morgan fingerprint density at radius 2 is 1.94 bits per heavy atom. The molecule has 5 heteroatoms. The van der Waals surface area contributed by atoms with Crippen LogP contribution in [0.3, 0.4) is 0 Å². The first-order valence-corrected chi connectivity index (χ1v) is 6.73. The zero-order valence-corrected chi connectivity index (χ0v) is 11.6. The van der Waals surface area contributed by atoms with E-state index in [4.69, 9.17) is 34.8 Å². The average molecular weight is 295 g/mol. The second-order valence-electron chi connectivity index (χ2n) is 3.63. The van der Waals surface area contributed by atoms with E-state index in [-0.39, 0.29) is 5.91 Å². The van der Waals surface area contributed by atoms with Gasteiger partial charge in [-0.3, -0.25) is 4.79 Å². The largest absolute Gasteiger partial charge is 0.352 e. The van der Waals surface area contributed by atoms with Gasteiger partial charge in [0.1, 0.15) is 0 Å². The lowest BCUT2D eigenvalue weighted by Gasteiger charge is -2.06. The van der Waals surface area contributed by atoms with Crippen LogP contribution in [0.15, 0.2) is 18.2 Å². The van der Waals surface area contributed by atoms with Crippen molar-refractivity contribution in [2.24, 2.45) is 0 Å². The number of benzene rings is 1. The lowest BCUT2D eigenvalue weighted by Crippen LogP contribution is -2.24. The molecule has 1 rings (SSSR count). The summed E-state index contributed by atoms with van der Waals surface area (Å²) >= 11 is 17.3. The molecule has 17 heavy (non-hydrogen) atoms. The fourth-order valence-corrected chi connectivity index (χ4v) is 1.93. The second-order valence-corrected chi connectivity index (χ2v) is 4.85. The molecule has 0 saturated carbocycles. The third-order valence-electron chi connectivity index (χ3n) is 2.27. The summed E-state index contributed by atoms with van der Waals surface area (Å²) in [5.41, 5.74) is 0.413. The van der Waals surface area contributed by atoms with E-state index in [9.17, 15) is 4.79 Å². The smallest absolute Gasteiger partial charge is 0.252 e. The SMILES string of the molecule is O=C(NCCCCCCl)c1cc(Cl)ccc1Cl. The Hall–Kier alpha value is -0.440. The quantitative estimate of drug-likeness (QED) is 0.620. The van der Waals surface area contributed by atoms with Crippen LogP contribution in [-0.4, -0.2) is 18.3 Å². The summed E-state index contributed by atoms with van der Waals surface area (Å²) in [5, 5.41) is 3.71. The maximum absolute atomic E-state index is 11.8. The standard InChI is InChI=1S/C12H14Cl3NO/c13-6-2-1-3-7-16-12(17)10-8-9(14)4-5-11(10)15/h4-5,8H,1-3,6-7H2,(H,16,17). The Balaban J connectivity index is 2.44. The number of amides is 1. The van der Waals surface area contributed by atoms with E-state index in [0.29, 0.717) is 28.0 Å². The third-order valence-corrected chi connectivity index (χ3v) is 3.10. The molecule has 1 N–H and O–H groups in total. The molecule has 1 aromatic carbocycles. The van der Waals surface area contributed by atoms with Crippen LogP contribution >= 0.6 is 34.8 Å². The molecule has 0 aliphatic heterocycles. The van der Waals surface area contributed by atoms with E-state index in [1.807, 2.05) is 0 Å². The topological polar surface area (TPSA) is 29.1 Å². The molecular weight excluding hydrogens is 280 g/mol. The van der Waals surface area contributed by atoms with Crippen molar-refractivity contribution in [3.8, 4) is 0 Å². The van der Waals surface area contributed by atoms with Gasteiger partial charge in [-0.05, 0) is 31.0 Å². The number of hydrogen-bond donors (Lipinski definition) is 1. The Kier molecular flexibility index (Phi) is 6.71. The first kappa shape index (κ1) is 14.6. The fourth-order valence-electron chi connectivity index (χ4n) is 1.36. The minimum absolute atomic E-state index is 0.191. The van der Waals surface area contributed by atoms with Crippen LogP contribution in [0.2, 0.25) is 10.0 Å². The van der Waals surface area contributed by atoms with E-state index in [2.05, 4.69) is 5.32 Å². The highest BCUT2D eigenvalue weighted by atomic mass is 35.5. The summed E-state index contributed by atoms with van der Waals surface area (Å²) in [6.07, 6.45) is 2.89. The van der Waals surface area contributed by atoms with Crippen LogP contribution in [0.25, 0.3) is 0 Å². The first-order valence-electron chi connectivity index (χ1n) is 5.44. The van der Waals surface area contributed by atoms with Crippen molar-refractivity contribution in [3.05, 3.63) is 33.8 Å². The molecule has 0 spiro atoms. The van der Waals surface area contributed by atoms with Gasteiger partial charge in [0.15, 0.2) is 0 Å². The van der Waals surface area contributed by atoms with Crippen LogP contribution in [0.5, 0.6) is 0 Å². The molecule has 0 heterocycles. The molecule has 2 nitrogen and oxygen atoms in total. The van der Waals surface area contributed by atoms with Crippen molar-refractivity contribution in [2.75, 3.05) is 12.4 Å². The van der Waals surface area contributed by atoms with E-state index in [0.717, 1.165) is 19.3 Å². The van der Waals surface area contributed by atoms with Crippen molar-refractivity contribution in [1.29, 1.82) is 0 Å². The second kappa shape index (κ2) is 7.80. The molecule has 1 aromatic rings. The zero-order valence-electron chi connectivity index (χ0n) is 9.31. The van der Waals surface area contributed by atoms with Crippen molar-refractivity contribution in [2.45, 2.75) is 19.3 Å². The van der Waals surface area contributed by atoms with E-state index in [1.165, 1.54) is 0 Å². The molecule has 0 aromatic heterocycles. The first-order chi connectivity index (χ1) is 8.15. The molecule has 94 valence electrons. The number of alkyl halides is 1. The predicted molar refractivity (Wildman–Crippen MR) is 73.4 cm³/mol. The van der Waals surface area contributed by atoms with Gasteiger partial charge in [-0.15, -0.1) is 11.6 Å². The minimum atomic E-state index is -0.191. The van der Waals surface area contributed by atoms with Crippen molar-refractivity contribution in [3.63, 3.8) is 0 Å². The number of nitrogens with one attached hydrogen (secondary N) is 1. The van der Waals surface area contributed by atoms with Crippen LogP contribution < -0.4 is 5.32 Å². The Labute approximate surface area is 116 Å². The fraction of sp³-hybridized carbons (Fsp3) is 0.417. The summed E-state index contributed by atoms with van der Waals surface area (Å²) in [6.45, 7) is 0.624. The normalized spacial score (nSPS) is 10.3. The van der Waals surface area contributed by atoms with Crippen molar-refractivity contribution < 1.29 is 4.79 Å². The van der Waals surface area contributed by atoms with Gasteiger partial charge in [0, 0.05) is 17.4 Å². The number of carbonyl (C=O) groups excluding carboxylic acids is 1. The van der Waals surface area contributed by atoms with Gasteiger partial charge in [-0.2, -0.15) is 0 Å². The van der Waals surface area contributed by atoms with E-state index in [1.54, 1.807) is 18.2 Å². The summed E-state index contributed by atoms with van der Waals surface area (Å²) in [5.74, 6) is 0.469. The molecule has 0 atom stereocenters. The van der Waals surface area contributed by atoms with Crippen molar-refractivity contribution in [1.82, 2.24) is 5.32 Å². The highest BCUT2D eigenvalue weighted by molar-refractivity contribution is 6.35. The van der Waals surface area contributed by atoms with Gasteiger partial charge in [-0.25, -0.2) is 0 Å². The molecule has 1 amide bonds. The molecular formula is C12H14Cl3NO. The lowest BCUT2D eigenvalue weighted by molar-refractivity contribution is 0.0953. The number of hydrogen-bond acceptors (Lipinski definition) is 1. The van der Waals surface area contributed by atoms with Gasteiger partial charge in [0.2, 0.25) is 0 Å². The molecule has 0 bridgehead atoms. The van der Waals surface area contributed by atoms with Gasteiger partial charge in [0.05, 0.1) is 10.6 Å². The lowest BCUT2D eigenvalue weighted by atomic mass is 10.2. The molecule has 0 unspecified atom stereocenters. The van der Waals surface area contributed by atoms with Crippen LogP contribution in [0.1, 0.15) is 29.6 Å². The predicted octanol–water partition coefficient (Wildman–Crippen LogP) is 4.13. The summed E-state index contributed by atoms with van der Waals surface area (Å²) in [4.78, 5) is 11.8. The molecule has 0 fully saturated rings. The molecule has 0 radical (unpaired) electrons. The summed E-state index contributed by atoms with van der Waals surface area (Å²) in [6, 6.07) is 4.84. The average Bonchev–Trinajstić information content (AvgIpc) is 2.32. The van der Waals surface area contributed by atoms with Gasteiger partial charge in [-0.1, -0.05) is 29.6 Å². The maximum Gasteiger partial charge on any atom is 0.252 e. The number of carbonyl (C=O) groups is 1. The Bertz CT molecular complexity index is 382. The number of halogens is 3. The van der Waals surface area contributed by atoms with Crippen LogP contribution in [0, 0.1) is 0 Å². The minimum Gasteiger partial charge on any atom is -0.352 e. The Morgan fingerprint density at radius 3 is 2.65 bits per heavy atom. The monoisotopic (exact) mass is 293 g/mol. The van der Waals surface area contributed by atoms with Gasteiger partial charge in [0.25, 0.3) is 5.91 Å². The molecule has 0 aliphatic rings. The number of unbranched alkanes of at least 4 members (excludes halogenated alkanes) is 2. The highest BCUT2D eigenvalue weighted by Gasteiger charge is 2.09. The van der Waals surface area contributed by atoms with Crippen LogP contribution in [-0.2, 0) is 0 Å². The van der Waals surface area contributed by atoms with Gasteiger partial charge >= 0.3 is 0 Å².